The number of thiazole rings is 2. The number of nitrogens with zero attached hydrogens (tertiary/aromatic N) is 3. The zero-order valence-corrected chi connectivity index (χ0v) is 21.4. The second kappa shape index (κ2) is 11.8. The molecule has 1 aliphatic heterocycles. The van der Waals surface area contributed by atoms with Crippen molar-refractivity contribution in [2.24, 2.45) is 5.92 Å². The number of aromatic nitrogens is 2. The Hall–Kier alpha value is -1.98. The van der Waals surface area contributed by atoms with Crippen molar-refractivity contribution in [3.05, 3.63) is 32.7 Å². The van der Waals surface area contributed by atoms with Crippen LogP contribution in [0.15, 0.2) is 11.5 Å². The van der Waals surface area contributed by atoms with Crippen LogP contribution in [0.2, 0.25) is 0 Å². The molecule has 4 rings (SSSR count). The molecule has 3 heterocycles. The lowest BCUT2D eigenvalue weighted by Gasteiger charge is -2.30. The minimum absolute atomic E-state index is 0.0586. The average molecular weight is 529 g/mol. The van der Waals surface area contributed by atoms with Gasteiger partial charge in [-0.1, -0.05) is 11.3 Å². The van der Waals surface area contributed by atoms with E-state index in [1.54, 1.807) is 23.5 Å². The maximum atomic E-state index is 12.4. The highest BCUT2D eigenvalue weighted by molar-refractivity contribution is 7.13. The fraction of sp³-hybridized carbons (Fsp3) is 0.625. The Bertz CT molecular complexity index is 987. The van der Waals surface area contributed by atoms with Crippen LogP contribution in [0.4, 0.5) is 13.2 Å². The lowest BCUT2D eigenvalue weighted by atomic mass is 9.84. The number of amides is 1. The van der Waals surface area contributed by atoms with Gasteiger partial charge < -0.3 is 15.0 Å². The molecule has 0 radical (unpaired) electrons. The molecular weight excluding hydrogens is 497 g/mol. The number of fused-ring (bicyclic) bond motifs is 1. The maximum Gasteiger partial charge on any atom is 0.422 e. The molecule has 11 heteroatoms. The summed E-state index contributed by atoms with van der Waals surface area (Å²) in [5.74, 6) is 0.603. The minimum Gasteiger partial charge on any atom is -0.460 e. The molecule has 6 nitrogen and oxygen atoms in total. The molecule has 0 saturated heterocycles. The maximum absolute atomic E-state index is 12.4. The molecule has 35 heavy (non-hydrogen) atoms. The van der Waals surface area contributed by atoms with Crippen LogP contribution in [0.3, 0.4) is 0 Å². The van der Waals surface area contributed by atoms with E-state index < -0.39 is 12.8 Å². The summed E-state index contributed by atoms with van der Waals surface area (Å²) in [4.78, 5) is 24.3. The van der Waals surface area contributed by atoms with Crippen molar-refractivity contribution in [2.45, 2.75) is 64.1 Å². The lowest BCUT2D eigenvalue weighted by molar-refractivity contribution is -0.153. The van der Waals surface area contributed by atoms with Crippen molar-refractivity contribution in [3.8, 4) is 5.19 Å². The Morgan fingerprint density at radius 1 is 1.23 bits per heavy atom. The van der Waals surface area contributed by atoms with E-state index in [0.717, 1.165) is 85.9 Å². The Balaban J connectivity index is 1.13. The first-order valence-electron chi connectivity index (χ1n) is 12.0. The standard InChI is InChI=1S/C24H31F3N4O2S2/c1-16-28-19(14-34-16)6-7-22(32)29-18-4-2-17(3-5-18)8-11-31-12-9-20-21(10-13-31)35-23(30-20)33-15-24(25,26)27/h6-7,14,17-18H,2-5,8-13,15H2,1H3,(H,29,32)/b7-6+/t17-,18-. The molecule has 0 atom stereocenters. The third-order valence-electron chi connectivity index (χ3n) is 6.53. The van der Waals surface area contributed by atoms with Crippen LogP contribution in [-0.2, 0) is 17.6 Å². The minimum atomic E-state index is -4.34. The molecule has 1 aliphatic carbocycles. The van der Waals surface area contributed by atoms with E-state index in [9.17, 15) is 18.0 Å². The highest BCUT2D eigenvalue weighted by Gasteiger charge is 2.30. The molecule has 192 valence electrons. The predicted octanol–water partition coefficient (Wildman–Crippen LogP) is 5.03. The summed E-state index contributed by atoms with van der Waals surface area (Å²) in [6.07, 6.45) is 5.89. The summed E-state index contributed by atoms with van der Waals surface area (Å²) in [7, 11) is 0. The molecule has 1 N–H and O–H groups in total. The molecule has 2 aromatic rings. The zero-order valence-electron chi connectivity index (χ0n) is 19.8. The molecule has 1 saturated carbocycles. The summed E-state index contributed by atoms with van der Waals surface area (Å²) in [6, 6.07) is 0.231. The van der Waals surface area contributed by atoms with Crippen molar-refractivity contribution in [1.29, 1.82) is 0 Å². The van der Waals surface area contributed by atoms with E-state index >= 15 is 0 Å². The summed E-state index contributed by atoms with van der Waals surface area (Å²) in [6.45, 7) is 3.43. The summed E-state index contributed by atoms with van der Waals surface area (Å²) in [5.41, 5.74) is 1.70. The van der Waals surface area contributed by atoms with Crippen LogP contribution in [0, 0.1) is 12.8 Å². The van der Waals surface area contributed by atoms with Gasteiger partial charge in [0.25, 0.3) is 5.19 Å². The normalized spacial score (nSPS) is 21.6. The van der Waals surface area contributed by atoms with Gasteiger partial charge in [0.2, 0.25) is 5.91 Å². The van der Waals surface area contributed by atoms with Gasteiger partial charge in [-0.3, -0.25) is 4.79 Å². The van der Waals surface area contributed by atoms with Crippen LogP contribution in [0.1, 0.15) is 53.4 Å². The smallest absolute Gasteiger partial charge is 0.422 e. The second-order valence-corrected chi connectivity index (χ2v) is 11.3. The lowest BCUT2D eigenvalue weighted by Crippen LogP contribution is -2.37. The van der Waals surface area contributed by atoms with Crippen LogP contribution in [0.25, 0.3) is 6.08 Å². The fourth-order valence-corrected chi connectivity index (χ4v) is 6.17. The molecule has 0 aromatic carbocycles. The first-order valence-corrected chi connectivity index (χ1v) is 13.7. The number of alkyl halides is 3. The van der Waals surface area contributed by atoms with Gasteiger partial charge in [-0.25, -0.2) is 9.97 Å². The number of aryl methyl sites for hydroxylation is 1. The van der Waals surface area contributed by atoms with Gasteiger partial charge in [-0.2, -0.15) is 13.2 Å². The SMILES string of the molecule is Cc1nc(/C=C/C(=O)N[C@H]2CC[C@H](CCN3CCc4nc(OCC(F)(F)F)sc4CC3)CC2)cs1. The Morgan fingerprint density at radius 2 is 2.00 bits per heavy atom. The summed E-state index contributed by atoms with van der Waals surface area (Å²) >= 11 is 2.81. The van der Waals surface area contributed by atoms with E-state index in [4.69, 9.17) is 4.74 Å². The van der Waals surface area contributed by atoms with Crippen molar-refractivity contribution in [3.63, 3.8) is 0 Å². The monoisotopic (exact) mass is 528 g/mol. The third-order valence-corrected chi connectivity index (χ3v) is 8.39. The highest BCUT2D eigenvalue weighted by Crippen LogP contribution is 2.31. The van der Waals surface area contributed by atoms with Gasteiger partial charge in [0.1, 0.15) is 0 Å². The van der Waals surface area contributed by atoms with E-state index in [0.29, 0.717) is 5.92 Å². The number of halogens is 3. The van der Waals surface area contributed by atoms with Crippen LogP contribution < -0.4 is 10.1 Å². The van der Waals surface area contributed by atoms with E-state index in [1.165, 1.54) is 11.3 Å². The molecule has 2 aliphatic rings. The summed E-state index contributed by atoms with van der Waals surface area (Å²) in [5, 5.41) is 6.17. The van der Waals surface area contributed by atoms with Gasteiger partial charge in [0.05, 0.1) is 16.4 Å². The van der Waals surface area contributed by atoms with Crippen molar-refractivity contribution < 1.29 is 22.7 Å². The number of hydrogen-bond donors (Lipinski definition) is 1. The van der Waals surface area contributed by atoms with Gasteiger partial charge in [-0.15, -0.1) is 11.3 Å². The number of hydrogen-bond acceptors (Lipinski definition) is 7. The fourth-order valence-electron chi connectivity index (χ4n) is 4.64. The van der Waals surface area contributed by atoms with E-state index in [-0.39, 0.29) is 17.1 Å². The van der Waals surface area contributed by atoms with E-state index in [1.807, 2.05) is 12.3 Å². The number of nitrogens with one attached hydrogen (secondary N) is 1. The Kier molecular flexibility index (Phi) is 8.82. The second-order valence-electron chi connectivity index (χ2n) is 9.23. The van der Waals surface area contributed by atoms with E-state index in [2.05, 4.69) is 20.2 Å². The number of rotatable bonds is 8. The van der Waals surface area contributed by atoms with Crippen LogP contribution in [-0.4, -0.2) is 59.2 Å². The first kappa shape index (κ1) is 26.1. The van der Waals surface area contributed by atoms with Crippen molar-refractivity contribution in [2.75, 3.05) is 26.2 Å². The van der Waals surface area contributed by atoms with Crippen LogP contribution in [0.5, 0.6) is 5.19 Å². The average Bonchev–Trinajstić information content (AvgIpc) is 3.36. The van der Waals surface area contributed by atoms with Crippen molar-refractivity contribution in [1.82, 2.24) is 20.2 Å². The molecule has 0 unspecified atom stereocenters. The van der Waals surface area contributed by atoms with Crippen LogP contribution >= 0.6 is 22.7 Å². The largest absolute Gasteiger partial charge is 0.460 e. The molecule has 1 fully saturated rings. The summed E-state index contributed by atoms with van der Waals surface area (Å²) < 4.78 is 41.9. The molecule has 2 aromatic heterocycles. The Labute approximate surface area is 211 Å². The third kappa shape index (κ3) is 8.28. The molecule has 1 amide bonds. The van der Waals surface area contributed by atoms with Gasteiger partial charge >= 0.3 is 6.18 Å². The van der Waals surface area contributed by atoms with Gasteiger partial charge in [-0.05, 0) is 64.0 Å². The number of ether oxygens (including phenoxy) is 1. The van der Waals surface area contributed by atoms with Gasteiger partial charge in [0, 0.05) is 41.9 Å². The number of carbonyl (C=O) groups is 1. The first-order chi connectivity index (χ1) is 16.7. The quantitative estimate of drug-likeness (QED) is 0.487. The van der Waals surface area contributed by atoms with Crippen molar-refractivity contribution >= 4 is 34.7 Å². The topological polar surface area (TPSA) is 67.4 Å². The van der Waals surface area contributed by atoms with Gasteiger partial charge in [0.15, 0.2) is 6.61 Å². The highest BCUT2D eigenvalue weighted by atomic mass is 32.1. The molecular formula is C24H31F3N4O2S2. The number of carbonyl (C=O) groups excluding carboxylic acids is 1. The zero-order chi connectivity index (χ0) is 24.8. The molecule has 0 bridgehead atoms. The Morgan fingerprint density at radius 3 is 2.71 bits per heavy atom. The molecule has 0 spiro atoms. The predicted molar refractivity (Wildman–Crippen MR) is 132 cm³/mol.